The number of carbonyl (C=O) groups excluding carboxylic acids is 1. The number of halogens is 2. The first-order chi connectivity index (χ1) is 10.1. The average molecular weight is 354 g/mol. The second kappa shape index (κ2) is 5.13. The van der Waals surface area contributed by atoms with E-state index < -0.39 is 0 Å². The van der Waals surface area contributed by atoms with Crippen molar-refractivity contribution in [3.05, 3.63) is 58.1 Å². The van der Waals surface area contributed by atoms with E-state index in [0.717, 1.165) is 16.1 Å². The van der Waals surface area contributed by atoms with Crippen molar-refractivity contribution < 1.29 is 4.79 Å². The zero-order valence-electron chi connectivity index (χ0n) is 10.6. The quantitative estimate of drug-likeness (QED) is 0.702. The van der Waals surface area contributed by atoms with Crippen LogP contribution in [-0.2, 0) is 4.79 Å². The molecule has 2 aromatic rings. The number of amides is 1. The van der Waals surface area contributed by atoms with Gasteiger partial charge in [0.25, 0.3) is 0 Å². The molecule has 2 aromatic carbocycles. The maximum absolute atomic E-state index is 12.8. The van der Waals surface area contributed by atoms with Gasteiger partial charge >= 0.3 is 0 Å². The zero-order valence-corrected chi connectivity index (χ0v) is 13.8. The molecule has 1 fully saturated rings. The van der Waals surface area contributed by atoms with Crippen LogP contribution in [-0.4, -0.2) is 10.6 Å². The van der Waals surface area contributed by atoms with Crippen molar-refractivity contribution in [1.82, 2.24) is 0 Å². The number of rotatable bonds is 1. The Balaban J connectivity index is 1.70. The van der Waals surface area contributed by atoms with Gasteiger partial charge in [-0.2, -0.15) is 0 Å². The van der Waals surface area contributed by atoms with Crippen molar-refractivity contribution in [2.24, 2.45) is 0 Å². The van der Waals surface area contributed by atoms with Gasteiger partial charge in [0.1, 0.15) is 9.96 Å². The lowest BCUT2D eigenvalue weighted by Crippen LogP contribution is -2.28. The molecule has 0 aliphatic carbocycles. The molecule has 2 aliphatic heterocycles. The molecule has 2 aliphatic rings. The third kappa shape index (κ3) is 2.25. The molecule has 0 aromatic heterocycles. The van der Waals surface area contributed by atoms with Crippen LogP contribution in [0.3, 0.4) is 0 Å². The van der Waals surface area contributed by atoms with Gasteiger partial charge in [0, 0.05) is 14.9 Å². The van der Waals surface area contributed by atoms with E-state index in [0.29, 0.717) is 10.0 Å². The summed E-state index contributed by atoms with van der Waals surface area (Å²) in [6, 6.07) is 13.2. The Morgan fingerprint density at radius 1 is 1.00 bits per heavy atom. The summed E-state index contributed by atoms with van der Waals surface area (Å²) in [4.78, 5) is 15.7. The maximum atomic E-state index is 12.8. The summed E-state index contributed by atoms with van der Waals surface area (Å²) in [5.41, 5.74) is 1.92. The van der Waals surface area contributed by atoms with E-state index >= 15 is 0 Å². The Kier molecular flexibility index (Phi) is 3.38. The van der Waals surface area contributed by atoms with E-state index in [2.05, 4.69) is 0 Å². The largest absolute Gasteiger partial charge is 0.288 e. The molecule has 0 radical (unpaired) electrons. The molecule has 2 heterocycles. The van der Waals surface area contributed by atoms with Gasteiger partial charge in [-0.15, -0.1) is 11.8 Å². The van der Waals surface area contributed by atoms with Crippen LogP contribution in [0.5, 0.6) is 0 Å². The molecule has 4 rings (SSSR count). The second-order valence-corrected chi connectivity index (χ2v) is 8.30. The van der Waals surface area contributed by atoms with Crippen LogP contribution in [0.1, 0.15) is 10.8 Å². The summed E-state index contributed by atoms with van der Waals surface area (Å²) in [5, 5.41) is 1.16. The molecular formula is C15H9Cl2NOS2. The molecule has 0 N–H and O–H groups in total. The number of carbonyl (C=O) groups is 1. The fourth-order valence-electron chi connectivity index (χ4n) is 2.52. The fourth-order valence-corrected chi connectivity index (χ4v) is 5.76. The highest BCUT2D eigenvalue weighted by Crippen LogP contribution is 2.57. The van der Waals surface area contributed by atoms with Crippen molar-refractivity contribution in [1.29, 1.82) is 0 Å². The number of hydrogen-bond acceptors (Lipinski definition) is 3. The van der Waals surface area contributed by atoms with Gasteiger partial charge in [-0.3, -0.25) is 9.69 Å². The Bertz CT molecular complexity index is 735. The van der Waals surface area contributed by atoms with Crippen molar-refractivity contribution in [2.75, 3.05) is 4.90 Å². The highest BCUT2D eigenvalue weighted by Gasteiger charge is 2.46. The summed E-state index contributed by atoms with van der Waals surface area (Å²) in [7, 11) is 0. The van der Waals surface area contributed by atoms with E-state index in [1.165, 1.54) is 0 Å². The van der Waals surface area contributed by atoms with Crippen LogP contribution < -0.4 is 4.90 Å². The van der Waals surface area contributed by atoms with E-state index in [-0.39, 0.29) is 15.9 Å². The molecule has 2 unspecified atom stereocenters. The lowest BCUT2D eigenvalue weighted by atomic mass is 10.1. The molecule has 106 valence electrons. The van der Waals surface area contributed by atoms with Crippen LogP contribution in [0.2, 0.25) is 10.0 Å². The number of benzene rings is 2. The molecular weight excluding hydrogens is 345 g/mol. The van der Waals surface area contributed by atoms with Crippen LogP contribution in [0.4, 0.5) is 5.69 Å². The Hall–Kier alpha value is -0.810. The average Bonchev–Trinajstić information content (AvgIpc) is 2.97. The van der Waals surface area contributed by atoms with Gasteiger partial charge in [0.05, 0.1) is 5.69 Å². The highest BCUT2D eigenvalue weighted by atomic mass is 35.5. The molecule has 21 heavy (non-hydrogen) atoms. The highest BCUT2D eigenvalue weighted by molar-refractivity contribution is 8.18. The zero-order chi connectivity index (χ0) is 14.6. The van der Waals surface area contributed by atoms with Gasteiger partial charge in [0.15, 0.2) is 0 Å². The second-order valence-electron chi connectivity index (χ2n) is 4.81. The maximum Gasteiger partial charge on any atom is 0.246 e. The third-order valence-corrected chi connectivity index (χ3v) is 6.82. The van der Waals surface area contributed by atoms with E-state index in [9.17, 15) is 4.79 Å². The molecule has 2 nitrogen and oxygen atoms in total. The van der Waals surface area contributed by atoms with Crippen LogP contribution in [0.15, 0.2) is 47.4 Å². The van der Waals surface area contributed by atoms with Crippen LogP contribution in [0, 0.1) is 0 Å². The first-order valence-electron chi connectivity index (χ1n) is 6.34. The summed E-state index contributed by atoms with van der Waals surface area (Å²) < 4.78 is 0.0895. The number of fused-ring (bicyclic) bond motifs is 3. The molecule has 2 atom stereocenters. The molecule has 0 spiro atoms. The normalized spacial score (nSPS) is 23.3. The minimum absolute atomic E-state index is 0.0895. The van der Waals surface area contributed by atoms with Crippen molar-refractivity contribution in [2.45, 2.75) is 14.9 Å². The van der Waals surface area contributed by atoms with Gasteiger partial charge < -0.3 is 0 Å². The number of nitrogens with zero attached hydrogens (tertiary/aromatic N) is 1. The first kappa shape index (κ1) is 13.8. The smallest absolute Gasteiger partial charge is 0.246 e. The molecule has 0 bridgehead atoms. The lowest BCUT2D eigenvalue weighted by Gasteiger charge is -2.15. The van der Waals surface area contributed by atoms with Crippen molar-refractivity contribution in [3.8, 4) is 0 Å². The predicted octanol–water partition coefficient (Wildman–Crippen LogP) is 5.20. The summed E-state index contributed by atoms with van der Waals surface area (Å²) >= 11 is 15.3. The first-order valence-corrected chi connectivity index (χ1v) is 8.91. The minimum Gasteiger partial charge on any atom is -0.288 e. The SMILES string of the molecule is O=C1C(c2ccc(Cl)cc2)SC2Sc3ccc(Cl)cc3N12. The van der Waals surface area contributed by atoms with E-state index in [1.807, 2.05) is 47.4 Å². The van der Waals surface area contributed by atoms with Gasteiger partial charge in [-0.25, -0.2) is 0 Å². The Morgan fingerprint density at radius 3 is 2.48 bits per heavy atom. The number of hydrogen-bond donors (Lipinski definition) is 0. The summed E-state index contributed by atoms with van der Waals surface area (Å²) in [5.74, 6) is 0.112. The molecule has 1 saturated heterocycles. The summed E-state index contributed by atoms with van der Waals surface area (Å²) in [6.45, 7) is 0. The summed E-state index contributed by atoms with van der Waals surface area (Å²) in [6.07, 6.45) is 0. The molecule has 1 amide bonds. The van der Waals surface area contributed by atoms with Gasteiger partial charge in [-0.1, -0.05) is 47.1 Å². The standard InChI is InChI=1S/C15H9Cl2NOS2/c16-9-3-1-8(2-4-9)13-14(19)18-11-7-10(17)5-6-12(11)20-15(18)21-13/h1-7,13,15H. The van der Waals surface area contributed by atoms with E-state index in [1.54, 1.807) is 23.5 Å². The number of anilines is 1. The molecule has 6 heteroatoms. The predicted molar refractivity (Wildman–Crippen MR) is 90.4 cm³/mol. The topological polar surface area (TPSA) is 20.3 Å². The monoisotopic (exact) mass is 353 g/mol. The van der Waals surface area contributed by atoms with E-state index in [4.69, 9.17) is 23.2 Å². The van der Waals surface area contributed by atoms with Gasteiger partial charge in [-0.05, 0) is 35.9 Å². The minimum atomic E-state index is -0.174. The fraction of sp³-hybridized carbons (Fsp3) is 0.133. The van der Waals surface area contributed by atoms with Crippen molar-refractivity contribution >= 4 is 58.3 Å². The Labute approximate surface area is 140 Å². The Morgan fingerprint density at radius 2 is 1.71 bits per heavy atom. The van der Waals surface area contributed by atoms with Crippen LogP contribution in [0.25, 0.3) is 0 Å². The van der Waals surface area contributed by atoms with Crippen LogP contribution >= 0.6 is 46.7 Å². The van der Waals surface area contributed by atoms with Gasteiger partial charge in [0.2, 0.25) is 5.91 Å². The van der Waals surface area contributed by atoms with Crippen molar-refractivity contribution in [3.63, 3.8) is 0 Å². The lowest BCUT2D eigenvalue weighted by molar-refractivity contribution is -0.117. The molecule has 0 saturated carbocycles. The number of thioether (sulfide) groups is 2. The third-order valence-electron chi connectivity index (χ3n) is 3.51.